The highest BCUT2D eigenvalue weighted by atomic mass is 19.4. The molecule has 3 rings (SSSR count). The van der Waals surface area contributed by atoms with Crippen LogP contribution >= 0.6 is 0 Å². The molecule has 6 nitrogen and oxygen atoms in total. The fraction of sp³-hybridized carbons (Fsp3) is 0.250. The summed E-state index contributed by atoms with van der Waals surface area (Å²) in [6.45, 7) is 1.95. The fourth-order valence-electron chi connectivity index (χ4n) is 2.98. The summed E-state index contributed by atoms with van der Waals surface area (Å²) in [6.07, 6.45) is -1.65. The molecule has 0 saturated heterocycles. The zero-order valence-electron chi connectivity index (χ0n) is 15.6. The Morgan fingerprint density at radius 2 is 2.03 bits per heavy atom. The van der Waals surface area contributed by atoms with Gasteiger partial charge in [0.2, 0.25) is 0 Å². The minimum atomic E-state index is -4.71. The number of amides is 1. The van der Waals surface area contributed by atoms with Crippen molar-refractivity contribution in [3.63, 3.8) is 0 Å². The lowest BCUT2D eigenvalue weighted by Gasteiger charge is -2.13. The number of carbonyl (C=O) groups excluding carboxylic acids is 1. The van der Waals surface area contributed by atoms with Crippen molar-refractivity contribution >= 4 is 22.6 Å². The third kappa shape index (κ3) is 4.08. The number of methoxy groups -OCH3 is 1. The number of alkyl halides is 3. The van der Waals surface area contributed by atoms with Gasteiger partial charge in [-0.3, -0.25) is 9.78 Å². The van der Waals surface area contributed by atoms with E-state index in [1.807, 2.05) is 6.92 Å². The van der Waals surface area contributed by atoms with Crippen LogP contribution in [0.2, 0.25) is 0 Å². The molecule has 0 aliphatic heterocycles. The number of rotatable bonds is 5. The Balaban J connectivity index is 2.04. The molecule has 0 unspecified atom stereocenters. The van der Waals surface area contributed by atoms with E-state index in [1.54, 1.807) is 12.1 Å². The lowest BCUT2D eigenvalue weighted by molar-refractivity contribution is -0.137. The van der Waals surface area contributed by atoms with E-state index in [4.69, 9.17) is 9.15 Å². The van der Waals surface area contributed by atoms with E-state index in [0.29, 0.717) is 29.3 Å². The zero-order valence-corrected chi connectivity index (χ0v) is 15.6. The number of hydrogen-bond donors (Lipinski definition) is 1. The summed E-state index contributed by atoms with van der Waals surface area (Å²) in [4.78, 5) is 28.3. The monoisotopic (exact) mass is 406 g/mol. The van der Waals surface area contributed by atoms with Crippen molar-refractivity contribution < 1.29 is 27.1 Å². The molecule has 0 aliphatic carbocycles. The molecule has 2 aromatic heterocycles. The Hall–Kier alpha value is -3.36. The predicted octanol–water partition coefficient (Wildman–Crippen LogP) is 4.42. The molecule has 1 N–H and O–H groups in total. The Morgan fingerprint density at radius 3 is 2.69 bits per heavy atom. The minimum absolute atomic E-state index is 0.285. The first-order valence-corrected chi connectivity index (χ1v) is 8.72. The Kier molecular flexibility index (Phi) is 5.58. The maximum atomic E-state index is 13.1. The highest BCUT2D eigenvalue weighted by Crippen LogP contribution is 2.34. The Morgan fingerprint density at radius 1 is 1.28 bits per heavy atom. The largest absolute Gasteiger partial charge is 0.496 e. The number of pyridine rings is 1. The number of nitrogens with one attached hydrogen (secondary N) is 1. The van der Waals surface area contributed by atoms with Gasteiger partial charge in [0, 0.05) is 23.3 Å². The molecule has 29 heavy (non-hydrogen) atoms. The Bertz CT molecular complexity index is 1120. The van der Waals surface area contributed by atoms with Gasteiger partial charge in [0.25, 0.3) is 5.91 Å². The van der Waals surface area contributed by atoms with E-state index in [-0.39, 0.29) is 5.58 Å². The maximum Gasteiger partial charge on any atom is 0.419 e. The van der Waals surface area contributed by atoms with Crippen LogP contribution in [0.5, 0.6) is 5.75 Å². The molecule has 1 amide bonds. The first-order chi connectivity index (χ1) is 13.8. The first-order valence-electron chi connectivity index (χ1n) is 8.72. The second-order valence-electron chi connectivity index (χ2n) is 6.24. The van der Waals surface area contributed by atoms with Crippen molar-refractivity contribution in [2.75, 3.05) is 12.4 Å². The highest BCUT2D eigenvalue weighted by molar-refractivity contribution is 6.06. The summed E-state index contributed by atoms with van der Waals surface area (Å²) in [7, 11) is 1.49. The molecule has 0 saturated carbocycles. The second-order valence-corrected chi connectivity index (χ2v) is 6.24. The average molecular weight is 406 g/mol. The van der Waals surface area contributed by atoms with Crippen molar-refractivity contribution in [1.82, 2.24) is 4.98 Å². The van der Waals surface area contributed by atoms with Crippen LogP contribution in [0, 0.1) is 0 Å². The van der Waals surface area contributed by atoms with Crippen molar-refractivity contribution in [1.29, 1.82) is 0 Å². The van der Waals surface area contributed by atoms with Gasteiger partial charge in [0.15, 0.2) is 0 Å². The van der Waals surface area contributed by atoms with Crippen LogP contribution in [0.15, 0.2) is 45.9 Å². The summed E-state index contributed by atoms with van der Waals surface area (Å²) >= 11 is 0. The smallest absolute Gasteiger partial charge is 0.419 e. The van der Waals surface area contributed by atoms with Crippen LogP contribution in [0.1, 0.15) is 34.8 Å². The number of ether oxygens (including phenoxy) is 1. The van der Waals surface area contributed by atoms with Gasteiger partial charge >= 0.3 is 11.8 Å². The van der Waals surface area contributed by atoms with E-state index < -0.39 is 34.5 Å². The number of benzene rings is 1. The van der Waals surface area contributed by atoms with Crippen molar-refractivity contribution in [3.05, 3.63) is 63.8 Å². The molecular formula is C20H17F3N2O4. The molecule has 2 heterocycles. The summed E-state index contributed by atoms with van der Waals surface area (Å²) in [6, 6.07) is 5.59. The number of hydrogen-bond acceptors (Lipinski definition) is 5. The van der Waals surface area contributed by atoms with E-state index in [0.717, 1.165) is 18.7 Å². The van der Waals surface area contributed by atoms with E-state index in [9.17, 15) is 22.8 Å². The summed E-state index contributed by atoms with van der Waals surface area (Å²) in [5, 5.41) is 2.58. The van der Waals surface area contributed by atoms with Crippen molar-refractivity contribution in [3.8, 4) is 5.75 Å². The van der Waals surface area contributed by atoms with Gasteiger partial charge in [-0.15, -0.1) is 0 Å². The van der Waals surface area contributed by atoms with Gasteiger partial charge in [-0.2, -0.15) is 13.2 Å². The van der Waals surface area contributed by atoms with E-state index in [2.05, 4.69) is 10.3 Å². The van der Waals surface area contributed by atoms with Crippen molar-refractivity contribution in [2.24, 2.45) is 0 Å². The zero-order chi connectivity index (χ0) is 21.2. The predicted molar refractivity (Wildman–Crippen MR) is 100 cm³/mol. The average Bonchev–Trinajstić information content (AvgIpc) is 2.67. The lowest BCUT2D eigenvalue weighted by Crippen LogP contribution is -2.22. The van der Waals surface area contributed by atoms with Gasteiger partial charge in [-0.1, -0.05) is 13.3 Å². The first kappa shape index (κ1) is 20.4. The van der Waals surface area contributed by atoms with Crippen LogP contribution < -0.4 is 15.7 Å². The maximum absolute atomic E-state index is 13.1. The molecule has 0 bridgehead atoms. The SMILES string of the molecule is CCCc1c(OC)ccc2cc(C(=O)Nc3ccncc3C(F)(F)F)c(=O)oc12. The normalized spacial score (nSPS) is 11.5. The molecule has 152 valence electrons. The molecule has 3 aromatic rings. The van der Waals surface area contributed by atoms with Crippen LogP contribution in [0.3, 0.4) is 0 Å². The fourth-order valence-corrected chi connectivity index (χ4v) is 2.98. The number of aromatic nitrogens is 1. The summed E-state index contributed by atoms with van der Waals surface area (Å²) in [5.74, 6) is -0.462. The van der Waals surface area contributed by atoms with Crippen LogP contribution in [-0.2, 0) is 12.6 Å². The number of anilines is 1. The van der Waals surface area contributed by atoms with Crippen LogP contribution in [0.4, 0.5) is 18.9 Å². The topological polar surface area (TPSA) is 81.4 Å². The van der Waals surface area contributed by atoms with Gasteiger partial charge < -0.3 is 14.5 Å². The lowest BCUT2D eigenvalue weighted by atomic mass is 10.0. The highest BCUT2D eigenvalue weighted by Gasteiger charge is 2.34. The number of nitrogens with zero attached hydrogens (tertiary/aromatic N) is 1. The van der Waals surface area contributed by atoms with Gasteiger partial charge in [-0.25, -0.2) is 4.79 Å². The number of halogens is 3. The van der Waals surface area contributed by atoms with Gasteiger partial charge in [-0.05, 0) is 30.7 Å². The molecule has 1 aromatic carbocycles. The Labute approximate surface area is 163 Å². The molecule has 0 aliphatic rings. The molecular weight excluding hydrogens is 389 g/mol. The van der Waals surface area contributed by atoms with E-state index >= 15 is 0 Å². The molecule has 0 atom stereocenters. The van der Waals surface area contributed by atoms with Gasteiger partial charge in [0.1, 0.15) is 16.9 Å². The van der Waals surface area contributed by atoms with Crippen LogP contribution in [0.25, 0.3) is 11.0 Å². The standard InChI is InChI=1S/C20H17F3N2O4/c1-3-4-12-16(28-2)6-5-11-9-13(19(27)29-17(11)12)18(26)25-15-7-8-24-10-14(15)20(21,22)23/h5-10H,3-4H2,1-2H3,(H,24,25,26). The van der Waals surface area contributed by atoms with Gasteiger partial charge in [0.05, 0.1) is 18.4 Å². The minimum Gasteiger partial charge on any atom is -0.496 e. The number of carbonyl (C=O) groups is 1. The second kappa shape index (κ2) is 7.94. The third-order valence-electron chi connectivity index (χ3n) is 4.30. The molecule has 9 heteroatoms. The van der Waals surface area contributed by atoms with E-state index in [1.165, 1.54) is 13.2 Å². The van der Waals surface area contributed by atoms with Crippen molar-refractivity contribution in [2.45, 2.75) is 25.9 Å². The summed E-state index contributed by atoms with van der Waals surface area (Å²) in [5.41, 5.74) is -2.01. The molecule has 0 fully saturated rings. The third-order valence-corrected chi connectivity index (χ3v) is 4.30. The van der Waals surface area contributed by atoms with Crippen LogP contribution in [-0.4, -0.2) is 18.0 Å². The molecule has 0 radical (unpaired) electrons. The number of fused-ring (bicyclic) bond motifs is 1. The molecule has 0 spiro atoms. The quantitative estimate of drug-likeness (QED) is 0.635. The summed E-state index contributed by atoms with van der Waals surface area (Å²) < 4.78 is 49.9. The number of aryl methyl sites for hydroxylation is 1.